The number of hydrogen-bond acceptors (Lipinski definition) is 13. The Morgan fingerprint density at radius 3 is 1.25 bits per heavy atom. The normalized spacial score (nSPS) is 22.4. The molecule has 0 bridgehead atoms. The number of nitrogens with one attached hydrogen (secondary N) is 1. The van der Waals surface area contributed by atoms with Crippen molar-refractivity contribution in [2.75, 3.05) is 46.9 Å². The predicted octanol–water partition coefficient (Wildman–Crippen LogP) is 8.56. The molecule has 370 valence electrons. The molecule has 0 amide bonds. The van der Waals surface area contributed by atoms with Gasteiger partial charge in [-0.05, 0) is 151 Å². The van der Waals surface area contributed by atoms with Crippen LogP contribution in [0.1, 0.15) is 88.2 Å². The van der Waals surface area contributed by atoms with Crippen molar-refractivity contribution in [2.45, 2.75) is 113 Å². The van der Waals surface area contributed by atoms with Crippen LogP contribution < -0.4 is 9.80 Å². The summed E-state index contributed by atoms with van der Waals surface area (Å²) in [6, 6.07) is 17.8. The summed E-state index contributed by atoms with van der Waals surface area (Å²) in [7, 11) is -6.64. The quantitative estimate of drug-likeness (QED) is 0.0972. The molecule has 4 aliphatic rings. The van der Waals surface area contributed by atoms with Crippen LogP contribution in [0.25, 0.3) is 22.1 Å². The first-order valence-corrected chi connectivity index (χ1v) is 30.6. The van der Waals surface area contributed by atoms with Gasteiger partial charge >= 0.3 is 0 Å². The van der Waals surface area contributed by atoms with Crippen molar-refractivity contribution < 1.29 is 25.3 Å². The number of rotatable bonds is 16. The van der Waals surface area contributed by atoms with Crippen LogP contribution in [0.5, 0.6) is 0 Å². The fraction of sp³-hybridized carbons (Fsp3) is 0.520. The molecule has 2 aromatic carbocycles. The molecule has 19 heteroatoms. The van der Waals surface area contributed by atoms with Crippen molar-refractivity contribution in [1.29, 1.82) is 4.78 Å². The molecule has 10 rings (SSSR count). The molecule has 2 unspecified atom stereocenters. The third-order valence-corrected chi connectivity index (χ3v) is 21.7. The number of aromatic nitrogens is 6. The highest BCUT2D eigenvalue weighted by Crippen LogP contribution is 2.37. The Kier molecular flexibility index (Phi) is 14.4. The van der Waals surface area contributed by atoms with Gasteiger partial charge in [-0.15, -0.1) is 0 Å². The lowest BCUT2D eigenvalue weighted by Gasteiger charge is -2.35. The van der Waals surface area contributed by atoms with Crippen molar-refractivity contribution in [3.05, 3.63) is 96.8 Å². The van der Waals surface area contributed by atoms with Crippen LogP contribution in [0, 0.1) is 42.3 Å². The van der Waals surface area contributed by atoms with Crippen molar-refractivity contribution in [1.82, 2.24) is 27.9 Å². The number of benzene rings is 2. The van der Waals surface area contributed by atoms with E-state index in [0.29, 0.717) is 63.7 Å². The van der Waals surface area contributed by atoms with E-state index in [1.54, 1.807) is 73.1 Å². The molecule has 4 aliphatic carbocycles. The van der Waals surface area contributed by atoms with Gasteiger partial charge in [-0.3, -0.25) is 8.99 Å². The molecule has 69 heavy (non-hydrogen) atoms. The maximum Gasteiger partial charge on any atom is 0.269 e. The minimum Gasteiger partial charge on any atom is -0.356 e. The first kappa shape index (κ1) is 49.3. The zero-order valence-corrected chi connectivity index (χ0v) is 43.3. The van der Waals surface area contributed by atoms with E-state index in [1.807, 2.05) is 27.9 Å². The minimum absolute atomic E-state index is 0.222. The van der Waals surface area contributed by atoms with Crippen molar-refractivity contribution in [2.24, 2.45) is 23.7 Å². The third kappa shape index (κ3) is 11.3. The highest BCUT2D eigenvalue weighted by atomic mass is 32.2. The van der Waals surface area contributed by atoms with Gasteiger partial charge in [0.1, 0.15) is 24.3 Å². The molecule has 0 saturated heterocycles. The van der Waals surface area contributed by atoms with Crippen molar-refractivity contribution >= 4 is 74.3 Å². The number of nitrogens with zero attached hydrogens (tertiary/aromatic N) is 8. The summed E-state index contributed by atoms with van der Waals surface area (Å²) in [6.45, 7) is 3.85. The van der Waals surface area contributed by atoms with Gasteiger partial charge in [0.15, 0.2) is 11.3 Å². The molecule has 0 spiro atoms. The van der Waals surface area contributed by atoms with E-state index in [2.05, 4.69) is 29.7 Å². The summed E-state index contributed by atoms with van der Waals surface area (Å²) in [5.74, 6) is 6.41. The molecule has 4 heterocycles. The maximum absolute atomic E-state index is 13.3. The lowest BCUT2D eigenvalue weighted by molar-refractivity contribution is 0.342. The van der Waals surface area contributed by atoms with Gasteiger partial charge in [0.25, 0.3) is 20.0 Å². The highest BCUT2D eigenvalue weighted by molar-refractivity contribution is 7.92. The van der Waals surface area contributed by atoms with Gasteiger partial charge in [-0.2, -0.15) is 0 Å². The molecule has 1 N–H and O–H groups in total. The molecule has 0 radical (unpaired) electrons. The molecule has 4 fully saturated rings. The van der Waals surface area contributed by atoms with Crippen LogP contribution in [0.2, 0.25) is 0 Å². The Labute approximate surface area is 410 Å². The van der Waals surface area contributed by atoms with E-state index < -0.39 is 40.6 Å². The van der Waals surface area contributed by atoms with Crippen molar-refractivity contribution in [3.8, 4) is 0 Å². The maximum atomic E-state index is 13.3. The van der Waals surface area contributed by atoms with Crippen LogP contribution in [-0.2, 0) is 40.6 Å². The first-order chi connectivity index (χ1) is 33.0. The zero-order chi connectivity index (χ0) is 48.7. The summed E-state index contributed by atoms with van der Waals surface area (Å²) in [5, 5.41) is 1.43. The first-order valence-electron chi connectivity index (χ1n) is 24.3. The summed E-state index contributed by atoms with van der Waals surface area (Å²) < 4.78 is 88.9. The van der Waals surface area contributed by atoms with Crippen LogP contribution in [0.15, 0.2) is 95.5 Å². The second-order valence-corrected chi connectivity index (χ2v) is 27.6. The second-order valence-electron chi connectivity index (χ2n) is 20.1. The van der Waals surface area contributed by atoms with Gasteiger partial charge in [-0.25, -0.2) is 48.9 Å². The average Bonchev–Trinajstić information content (AvgIpc) is 4.23. The molecular formula is C50H65N9O6S4. The molecule has 0 aliphatic heterocycles. The topological polar surface area (TPSA) is 194 Å². The predicted molar refractivity (Wildman–Crippen MR) is 275 cm³/mol. The lowest BCUT2D eigenvalue weighted by atomic mass is 9.86. The largest absolute Gasteiger partial charge is 0.356 e. The molecule has 6 aromatic rings. The smallest absolute Gasteiger partial charge is 0.269 e. The molecule has 2 atom stereocenters. The van der Waals surface area contributed by atoms with E-state index in [9.17, 15) is 25.3 Å². The lowest BCUT2D eigenvalue weighted by Crippen LogP contribution is -2.37. The Morgan fingerprint density at radius 2 is 0.884 bits per heavy atom. The Balaban J connectivity index is 0.000000172. The van der Waals surface area contributed by atoms with Crippen molar-refractivity contribution in [3.63, 3.8) is 0 Å². The summed E-state index contributed by atoms with van der Waals surface area (Å²) in [5.41, 5.74) is 2.76. The Hall–Kier alpha value is -4.72. The summed E-state index contributed by atoms with van der Waals surface area (Å²) in [4.78, 5) is 22.4. The van der Waals surface area contributed by atoms with Crippen LogP contribution in [0.4, 0.5) is 11.6 Å². The number of anilines is 2. The van der Waals surface area contributed by atoms with Crippen LogP contribution >= 0.6 is 0 Å². The van der Waals surface area contributed by atoms with Crippen LogP contribution in [0.3, 0.4) is 0 Å². The van der Waals surface area contributed by atoms with E-state index in [-0.39, 0.29) is 15.8 Å². The van der Waals surface area contributed by atoms with Gasteiger partial charge in [-0.1, -0.05) is 35.4 Å². The average molecular weight is 1020 g/mol. The zero-order valence-electron chi connectivity index (χ0n) is 40.0. The van der Waals surface area contributed by atoms with Gasteiger partial charge in [0, 0.05) is 82.1 Å². The highest BCUT2D eigenvalue weighted by Gasteiger charge is 2.33. The fourth-order valence-corrected chi connectivity index (χ4v) is 16.9. The number of fused-ring (bicyclic) bond motifs is 2. The molecule has 4 aromatic heterocycles. The Bertz CT molecular complexity index is 3140. The molecule has 15 nitrogen and oxygen atoms in total. The number of hydrogen-bond donors (Lipinski definition) is 1. The fourth-order valence-electron chi connectivity index (χ4n) is 10.2. The number of aryl methyl sites for hydroxylation is 2. The molecule has 4 saturated carbocycles. The Morgan fingerprint density at radius 1 is 0.536 bits per heavy atom. The van der Waals surface area contributed by atoms with E-state index in [1.165, 1.54) is 33.4 Å². The van der Waals surface area contributed by atoms with Crippen LogP contribution in [-0.4, -0.2) is 102 Å². The van der Waals surface area contributed by atoms with Gasteiger partial charge in [0.05, 0.1) is 20.6 Å². The molecular weight excluding hydrogens is 951 g/mol. The summed E-state index contributed by atoms with van der Waals surface area (Å²) in [6.07, 6.45) is 18.7. The standard InChI is InChI=1S/C25H33N5O3S2.C25H32N4O3S2/c1-18-3-11-22(12-4-18)35(32,33)30-14-13-23-24(27-17-28-25(23)30)29(2)21-9-7-20(8-10-21)16-34(26,31)15-19-5-6-19;1-18-3-11-22(12-4-18)34(31,32)29-14-13-23-24(26-17-27-25(23)29)28(2)21-9-7-20(8-10-21)16-33(30)15-19-5-6-19/h3-4,11-14,17,19-21,26H,5-10,15-16H2,1-2H3;3-4,11-14,17,19-21H,5-10,15-16H2,1-2H3. The van der Waals surface area contributed by atoms with Gasteiger partial charge in [0.2, 0.25) is 0 Å². The van der Waals surface area contributed by atoms with Gasteiger partial charge < -0.3 is 9.80 Å². The van der Waals surface area contributed by atoms with E-state index >= 15 is 0 Å². The monoisotopic (exact) mass is 1020 g/mol. The SMILES string of the molecule is Cc1ccc(S(=O)(=O)n2ccc3c(N(C)C4CCC(CS(=N)(=O)CC5CC5)CC4)ncnc32)cc1.Cc1ccc(S(=O)(=O)n2ccc3c(N(C)C4CCC(CS(=O)CC5CC5)CC4)ncnc32)cc1. The second kappa shape index (κ2) is 20.2. The minimum atomic E-state index is -3.77. The van der Waals surface area contributed by atoms with E-state index in [4.69, 9.17) is 4.78 Å². The third-order valence-electron chi connectivity index (χ3n) is 14.7. The summed E-state index contributed by atoms with van der Waals surface area (Å²) >= 11 is 0. The van der Waals surface area contributed by atoms with E-state index in [0.717, 1.165) is 98.0 Å².